The average molecular weight is 301 g/mol. The lowest BCUT2D eigenvalue weighted by atomic mass is 10.0. The second-order valence-electron chi connectivity index (χ2n) is 5.39. The van der Waals surface area contributed by atoms with Gasteiger partial charge >= 0.3 is 0 Å². The Hall–Kier alpha value is -1.88. The lowest BCUT2D eigenvalue weighted by Crippen LogP contribution is -2.39. The van der Waals surface area contributed by atoms with Crippen molar-refractivity contribution in [1.82, 2.24) is 9.88 Å². The van der Waals surface area contributed by atoms with Crippen molar-refractivity contribution in [2.75, 3.05) is 12.3 Å². The summed E-state index contributed by atoms with van der Waals surface area (Å²) in [7, 11) is 0. The lowest BCUT2D eigenvalue weighted by molar-refractivity contribution is -0.134. The van der Waals surface area contributed by atoms with E-state index in [1.54, 1.807) is 11.3 Å². The number of aromatic nitrogens is 1. The van der Waals surface area contributed by atoms with E-state index in [0.717, 1.165) is 42.1 Å². The Morgan fingerprint density at radius 3 is 2.86 bits per heavy atom. The molecule has 1 atom stereocenters. The van der Waals surface area contributed by atoms with Gasteiger partial charge in [0.05, 0.1) is 12.5 Å². The minimum atomic E-state index is 0.153. The van der Waals surface area contributed by atoms with E-state index >= 15 is 0 Å². The summed E-state index contributed by atoms with van der Waals surface area (Å²) in [5.41, 5.74) is 7.42. The molecule has 2 heterocycles. The standard InChI is InChI=1S/C16H19N3OS/c17-13-6-4-12(5-7-13)11-15(20)19-9-2-1-3-14(19)16-18-8-10-21-16/h4-8,10,14H,1-3,9,11,17H2. The molecule has 0 aliphatic carbocycles. The number of nitrogens with two attached hydrogens (primary N) is 1. The largest absolute Gasteiger partial charge is 0.399 e. The number of hydrogen-bond acceptors (Lipinski definition) is 4. The van der Waals surface area contributed by atoms with Crippen molar-refractivity contribution in [2.45, 2.75) is 31.7 Å². The van der Waals surface area contributed by atoms with Gasteiger partial charge in [-0.25, -0.2) is 4.98 Å². The fourth-order valence-electron chi connectivity index (χ4n) is 2.80. The molecule has 3 rings (SSSR count). The van der Waals surface area contributed by atoms with E-state index in [1.165, 1.54) is 0 Å². The average Bonchev–Trinajstić information content (AvgIpc) is 3.04. The number of carbonyl (C=O) groups excluding carboxylic acids is 1. The van der Waals surface area contributed by atoms with Crippen LogP contribution in [0.1, 0.15) is 35.9 Å². The highest BCUT2D eigenvalue weighted by molar-refractivity contribution is 7.09. The lowest BCUT2D eigenvalue weighted by Gasteiger charge is -2.34. The molecule has 1 aromatic heterocycles. The van der Waals surface area contributed by atoms with Crippen LogP contribution < -0.4 is 5.73 Å². The maximum absolute atomic E-state index is 12.6. The highest BCUT2D eigenvalue weighted by Gasteiger charge is 2.29. The van der Waals surface area contributed by atoms with Crippen molar-refractivity contribution in [2.24, 2.45) is 0 Å². The highest BCUT2D eigenvalue weighted by Crippen LogP contribution is 2.32. The van der Waals surface area contributed by atoms with E-state index in [9.17, 15) is 4.79 Å². The number of rotatable bonds is 3. The second kappa shape index (κ2) is 6.26. The number of thiazole rings is 1. The van der Waals surface area contributed by atoms with Gasteiger partial charge in [-0.1, -0.05) is 12.1 Å². The maximum Gasteiger partial charge on any atom is 0.227 e. The van der Waals surface area contributed by atoms with Crippen LogP contribution >= 0.6 is 11.3 Å². The Kier molecular flexibility index (Phi) is 4.20. The molecule has 1 aliphatic heterocycles. The number of likely N-dealkylation sites (tertiary alicyclic amines) is 1. The summed E-state index contributed by atoms with van der Waals surface area (Å²) >= 11 is 1.64. The van der Waals surface area contributed by atoms with Crippen LogP contribution in [-0.4, -0.2) is 22.3 Å². The fourth-order valence-corrected chi connectivity index (χ4v) is 3.58. The number of nitrogens with zero attached hydrogens (tertiary/aromatic N) is 2. The molecule has 0 spiro atoms. The number of carbonyl (C=O) groups is 1. The molecule has 4 nitrogen and oxygen atoms in total. The number of amides is 1. The summed E-state index contributed by atoms with van der Waals surface area (Å²) < 4.78 is 0. The Morgan fingerprint density at radius 1 is 1.33 bits per heavy atom. The third-order valence-electron chi connectivity index (χ3n) is 3.89. The summed E-state index contributed by atoms with van der Waals surface area (Å²) in [4.78, 5) is 19.0. The smallest absolute Gasteiger partial charge is 0.227 e. The topological polar surface area (TPSA) is 59.2 Å². The van der Waals surface area contributed by atoms with E-state index in [4.69, 9.17) is 5.73 Å². The SMILES string of the molecule is Nc1ccc(CC(=O)N2CCCCC2c2nccs2)cc1. The molecule has 2 N–H and O–H groups in total. The summed E-state index contributed by atoms with van der Waals surface area (Å²) in [5, 5.41) is 3.03. The van der Waals surface area contributed by atoms with Gasteiger partial charge in [-0.15, -0.1) is 11.3 Å². The van der Waals surface area contributed by atoms with Gasteiger partial charge in [0.25, 0.3) is 0 Å². The van der Waals surface area contributed by atoms with Gasteiger partial charge in [0.1, 0.15) is 5.01 Å². The first kappa shape index (κ1) is 14.1. The van der Waals surface area contributed by atoms with E-state index in [-0.39, 0.29) is 11.9 Å². The molecule has 1 unspecified atom stereocenters. The zero-order valence-corrected chi connectivity index (χ0v) is 12.7. The normalized spacial score (nSPS) is 18.7. The second-order valence-corrected chi connectivity index (χ2v) is 6.31. The van der Waals surface area contributed by atoms with Crippen LogP contribution in [0, 0.1) is 0 Å². The zero-order valence-electron chi connectivity index (χ0n) is 11.9. The number of hydrogen-bond donors (Lipinski definition) is 1. The molecule has 21 heavy (non-hydrogen) atoms. The fraction of sp³-hybridized carbons (Fsp3) is 0.375. The zero-order chi connectivity index (χ0) is 14.7. The van der Waals surface area contributed by atoms with Crippen molar-refractivity contribution >= 4 is 22.9 Å². The van der Waals surface area contributed by atoms with Crippen molar-refractivity contribution in [3.05, 3.63) is 46.4 Å². The van der Waals surface area contributed by atoms with Crippen LogP contribution in [0.4, 0.5) is 5.69 Å². The van der Waals surface area contributed by atoms with E-state index in [2.05, 4.69) is 4.98 Å². The minimum absolute atomic E-state index is 0.153. The third-order valence-corrected chi connectivity index (χ3v) is 4.77. The quantitative estimate of drug-likeness (QED) is 0.887. The molecule has 1 fully saturated rings. The first-order valence-corrected chi connectivity index (χ1v) is 8.15. The van der Waals surface area contributed by atoms with Crippen molar-refractivity contribution in [3.8, 4) is 0 Å². The molecule has 110 valence electrons. The maximum atomic E-state index is 12.6. The van der Waals surface area contributed by atoms with Crippen LogP contribution in [0.5, 0.6) is 0 Å². The van der Waals surface area contributed by atoms with E-state index in [0.29, 0.717) is 6.42 Å². The molecule has 1 saturated heterocycles. The molecule has 1 aliphatic rings. The molecule has 5 heteroatoms. The first-order valence-electron chi connectivity index (χ1n) is 7.27. The Balaban J connectivity index is 1.73. The summed E-state index contributed by atoms with van der Waals surface area (Å²) in [6.45, 7) is 0.831. The van der Waals surface area contributed by atoms with Crippen molar-refractivity contribution in [3.63, 3.8) is 0 Å². The van der Waals surface area contributed by atoms with Gasteiger partial charge in [0.15, 0.2) is 0 Å². The Labute approximate surface area is 128 Å². The molecule has 1 amide bonds. The molecule has 2 aromatic rings. The van der Waals surface area contributed by atoms with Crippen LogP contribution in [0.25, 0.3) is 0 Å². The number of nitrogen functional groups attached to an aromatic ring is 1. The molecule has 1 aromatic carbocycles. The van der Waals surface area contributed by atoms with Gasteiger partial charge in [0, 0.05) is 23.8 Å². The Morgan fingerprint density at radius 2 is 2.14 bits per heavy atom. The predicted molar refractivity (Wildman–Crippen MR) is 85.0 cm³/mol. The summed E-state index contributed by atoms with van der Waals surface area (Å²) in [6, 6.07) is 7.69. The van der Waals surface area contributed by atoms with Gasteiger partial charge in [-0.3, -0.25) is 4.79 Å². The molecular weight excluding hydrogens is 282 g/mol. The van der Waals surface area contributed by atoms with E-state index < -0.39 is 0 Å². The molecule has 0 radical (unpaired) electrons. The van der Waals surface area contributed by atoms with Gasteiger partial charge in [-0.2, -0.15) is 0 Å². The van der Waals surface area contributed by atoms with Crippen molar-refractivity contribution in [1.29, 1.82) is 0 Å². The summed E-state index contributed by atoms with van der Waals surface area (Å²) in [6.07, 6.45) is 5.51. The summed E-state index contributed by atoms with van der Waals surface area (Å²) in [5.74, 6) is 0.180. The number of piperidine rings is 1. The van der Waals surface area contributed by atoms with Crippen molar-refractivity contribution < 1.29 is 4.79 Å². The monoisotopic (exact) mass is 301 g/mol. The van der Waals surface area contributed by atoms with Gasteiger partial charge in [-0.05, 0) is 37.0 Å². The highest BCUT2D eigenvalue weighted by atomic mass is 32.1. The predicted octanol–water partition coefficient (Wildman–Crippen LogP) is 3.02. The van der Waals surface area contributed by atoms with Gasteiger partial charge < -0.3 is 10.6 Å². The molecular formula is C16H19N3OS. The van der Waals surface area contributed by atoms with Crippen LogP contribution in [0.15, 0.2) is 35.8 Å². The Bertz CT molecular complexity index is 594. The molecule has 0 bridgehead atoms. The van der Waals surface area contributed by atoms with Crippen LogP contribution in [0.3, 0.4) is 0 Å². The van der Waals surface area contributed by atoms with Gasteiger partial charge in [0.2, 0.25) is 5.91 Å². The first-order chi connectivity index (χ1) is 10.2. The third kappa shape index (κ3) is 3.24. The minimum Gasteiger partial charge on any atom is -0.399 e. The number of benzene rings is 1. The number of anilines is 1. The van der Waals surface area contributed by atoms with Crippen LogP contribution in [-0.2, 0) is 11.2 Å². The molecule has 0 saturated carbocycles. The van der Waals surface area contributed by atoms with Crippen LogP contribution in [0.2, 0.25) is 0 Å². The van der Waals surface area contributed by atoms with E-state index in [1.807, 2.05) is 40.7 Å².